The average molecular weight is 434 g/mol. The van der Waals surface area contributed by atoms with Gasteiger partial charge >= 0.3 is 11.9 Å². The van der Waals surface area contributed by atoms with Crippen LogP contribution < -0.4 is 0 Å². The molecule has 1 saturated carbocycles. The lowest BCUT2D eigenvalue weighted by atomic mass is 9.42. The van der Waals surface area contributed by atoms with Gasteiger partial charge in [-0.2, -0.15) is 0 Å². The number of benzene rings is 2. The zero-order chi connectivity index (χ0) is 22.7. The number of fused-ring (bicyclic) bond motifs is 1. The predicted molar refractivity (Wildman–Crippen MR) is 122 cm³/mol. The van der Waals surface area contributed by atoms with E-state index in [0.29, 0.717) is 6.54 Å². The van der Waals surface area contributed by atoms with E-state index in [1.165, 1.54) is 5.56 Å². The summed E-state index contributed by atoms with van der Waals surface area (Å²) in [5, 5.41) is 0. The Morgan fingerprint density at radius 3 is 2.06 bits per heavy atom. The molecule has 3 atom stereocenters. The first-order valence-corrected chi connectivity index (χ1v) is 11.4. The van der Waals surface area contributed by atoms with Gasteiger partial charge in [0.15, 0.2) is 5.41 Å². The highest BCUT2D eigenvalue weighted by atomic mass is 16.6. The number of hydrogen-bond acceptors (Lipinski definition) is 5. The molecule has 0 aromatic heterocycles. The van der Waals surface area contributed by atoms with Gasteiger partial charge in [0.05, 0.1) is 13.2 Å². The summed E-state index contributed by atoms with van der Waals surface area (Å²) < 4.78 is 11.0. The maximum atomic E-state index is 13.5. The maximum absolute atomic E-state index is 13.5. The van der Waals surface area contributed by atoms with Gasteiger partial charge in [-0.05, 0) is 37.3 Å². The molecule has 168 valence electrons. The van der Waals surface area contributed by atoms with Crippen LogP contribution in [-0.2, 0) is 25.6 Å². The first-order chi connectivity index (χ1) is 15.6. The van der Waals surface area contributed by atoms with Crippen molar-refractivity contribution >= 4 is 11.9 Å². The van der Waals surface area contributed by atoms with Gasteiger partial charge in [0, 0.05) is 30.6 Å². The standard InChI is InChI=1S/C27H31NO4/c1-4-31-25(29)27(26(30)32-5-2)23-19(3)28(18-20-12-8-6-9-13-20)17-16-22(23)24(27)21-14-10-7-11-15-21/h6-15,22-24H,3-5,16-18H2,1-2H3/t22-,23-,24+/m0/s1. The number of nitrogens with zero attached hydrogens (tertiary/aromatic N) is 1. The molecular formula is C27H31NO4. The van der Waals surface area contributed by atoms with Crippen molar-refractivity contribution in [2.24, 2.45) is 17.3 Å². The fraction of sp³-hybridized carbons (Fsp3) is 0.407. The SMILES string of the molecule is C=C1[C@H]2[C@H](CCN1Cc1ccccc1)[C@@H](c1ccccc1)C2(C(=O)OCC)C(=O)OCC. The zero-order valence-electron chi connectivity index (χ0n) is 18.8. The second-order valence-electron chi connectivity index (χ2n) is 8.53. The monoisotopic (exact) mass is 433 g/mol. The number of ether oxygens (including phenoxy) is 2. The summed E-state index contributed by atoms with van der Waals surface area (Å²) in [6, 6.07) is 20.0. The molecule has 2 aromatic rings. The summed E-state index contributed by atoms with van der Waals surface area (Å²) in [5.74, 6) is -1.51. The van der Waals surface area contributed by atoms with E-state index in [0.717, 1.165) is 24.2 Å². The summed E-state index contributed by atoms with van der Waals surface area (Å²) in [6.07, 6.45) is 0.872. The Labute approximate surface area is 190 Å². The molecular weight excluding hydrogens is 402 g/mol. The summed E-state index contributed by atoms with van der Waals surface area (Å²) in [4.78, 5) is 29.3. The van der Waals surface area contributed by atoms with Crippen LogP contribution in [0, 0.1) is 17.3 Å². The van der Waals surface area contributed by atoms with Gasteiger partial charge in [0.2, 0.25) is 0 Å². The van der Waals surface area contributed by atoms with Crippen LogP contribution >= 0.6 is 0 Å². The molecule has 5 heteroatoms. The van der Waals surface area contributed by atoms with Gasteiger partial charge < -0.3 is 14.4 Å². The third kappa shape index (κ3) is 3.50. The number of likely N-dealkylation sites (tertiary alicyclic amines) is 1. The van der Waals surface area contributed by atoms with Gasteiger partial charge in [-0.15, -0.1) is 0 Å². The smallest absolute Gasteiger partial charge is 0.324 e. The molecule has 0 radical (unpaired) electrons. The Balaban J connectivity index is 1.76. The van der Waals surface area contributed by atoms with E-state index in [9.17, 15) is 9.59 Å². The molecule has 0 amide bonds. The van der Waals surface area contributed by atoms with Crippen LogP contribution in [0.2, 0.25) is 0 Å². The lowest BCUT2D eigenvalue weighted by Gasteiger charge is -2.62. The van der Waals surface area contributed by atoms with Crippen molar-refractivity contribution in [2.75, 3.05) is 19.8 Å². The summed E-state index contributed by atoms with van der Waals surface area (Å²) in [7, 11) is 0. The number of rotatable bonds is 7. The minimum atomic E-state index is -1.41. The fourth-order valence-corrected chi connectivity index (χ4v) is 5.68. The van der Waals surface area contributed by atoms with Crippen molar-refractivity contribution in [1.82, 2.24) is 4.90 Å². The summed E-state index contributed by atoms with van der Waals surface area (Å²) in [5.41, 5.74) is 1.55. The Hall–Kier alpha value is -3.08. The van der Waals surface area contributed by atoms with E-state index in [-0.39, 0.29) is 31.0 Å². The number of carbonyl (C=O) groups excluding carboxylic acids is 2. The van der Waals surface area contributed by atoms with Crippen LogP contribution in [-0.4, -0.2) is 36.6 Å². The van der Waals surface area contributed by atoms with Gasteiger partial charge in [0.1, 0.15) is 0 Å². The highest BCUT2D eigenvalue weighted by Gasteiger charge is 2.74. The van der Waals surface area contributed by atoms with Crippen molar-refractivity contribution in [3.8, 4) is 0 Å². The third-order valence-electron chi connectivity index (χ3n) is 6.94. The molecule has 1 heterocycles. The lowest BCUT2D eigenvalue weighted by molar-refractivity contribution is -0.201. The molecule has 0 bridgehead atoms. The molecule has 32 heavy (non-hydrogen) atoms. The van der Waals surface area contributed by atoms with Gasteiger partial charge in [-0.25, -0.2) is 0 Å². The Bertz CT molecular complexity index is 954. The fourth-order valence-electron chi connectivity index (χ4n) is 5.68. The molecule has 1 aliphatic carbocycles. The van der Waals surface area contributed by atoms with E-state index in [2.05, 4.69) is 23.6 Å². The predicted octanol–water partition coefficient (Wildman–Crippen LogP) is 4.55. The molecule has 5 nitrogen and oxygen atoms in total. The number of esters is 2. The minimum absolute atomic E-state index is 0.130. The van der Waals surface area contributed by atoms with Crippen molar-refractivity contribution in [1.29, 1.82) is 0 Å². The molecule has 1 saturated heterocycles. The highest BCUT2D eigenvalue weighted by molar-refractivity contribution is 6.04. The minimum Gasteiger partial charge on any atom is -0.465 e. The normalized spacial score (nSPS) is 23.6. The van der Waals surface area contributed by atoms with Gasteiger partial charge in [-0.1, -0.05) is 67.2 Å². The molecule has 0 N–H and O–H groups in total. The van der Waals surface area contributed by atoms with Crippen molar-refractivity contribution in [3.05, 3.63) is 84.1 Å². The second-order valence-corrected chi connectivity index (χ2v) is 8.53. The molecule has 4 rings (SSSR count). The van der Waals surface area contributed by atoms with Crippen LogP contribution in [0.1, 0.15) is 37.3 Å². The molecule has 2 aromatic carbocycles. The van der Waals surface area contributed by atoms with Crippen molar-refractivity contribution in [3.63, 3.8) is 0 Å². The summed E-state index contributed by atoms with van der Waals surface area (Å²) >= 11 is 0. The quantitative estimate of drug-likeness (QED) is 0.474. The third-order valence-corrected chi connectivity index (χ3v) is 6.94. The number of allylic oxidation sites excluding steroid dienone is 1. The second kappa shape index (κ2) is 9.19. The lowest BCUT2D eigenvalue weighted by Crippen LogP contribution is -2.68. The largest absolute Gasteiger partial charge is 0.465 e. The highest BCUT2D eigenvalue weighted by Crippen LogP contribution is 2.67. The molecule has 0 spiro atoms. The van der Waals surface area contributed by atoms with Crippen molar-refractivity contribution < 1.29 is 19.1 Å². The van der Waals surface area contributed by atoms with E-state index < -0.39 is 17.4 Å². The Morgan fingerprint density at radius 2 is 1.50 bits per heavy atom. The van der Waals surface area contributed by atoms with Crippen LogP contribution in [0.4, 0.5) is 0 Å². The van der Waals surface area contributed by atoms with E-state index >= 15 is 0 Å². The Morgan fingerprint density at radius 1 is 0.938 bits per heavy atom. The first kappa shape index (κ1) is 22.1. The van der Waals surface area contributed by atoms with Crippen LogP contribution in [0.5, 0.6) is 0 Å². The van der Waals surface area contributed by atoms with Gasteiger partial charge in [-0.3, -0.25) is 9.59 Å². The zero-order valence-corrected chi connectivity index (χ0v) is 18.8. The van der Waals surface area contributed by atoms with E-state index in [1.54, 1.807) is 13.8 Å². The first-order valence-electron chi connectivity index (χ1n) is 11.4. The molecule has 2 fully saturated rings. The van der Waals surface area contributed by atoms with Crippen molar-refractivity contribution in [2.45, 2.75) is 32.7 Å². The number of piperidine rings is 1. The van der Waals surface area contributed by atoms with Gasteiger partial charge in [0.25, 0.3) is 0 Å². The number of carbonyl (C=O) groups is 2. The van der Waals surface area contributed by atoms with Crippen LogP contribution in [0.15, 0.2) is 72.9 Å². The molecule has 1 aliphatic heterocycles. The Kier molecular flexibility index (Phi) is 6.35. The average Bonchev–Trinajstić information content (AvgIpc) is 2.78. The molecule has 0 unspecified atom stereocenters. The number of hydrogen-bond donors (Lipinski definition) is 0. The van der Waals surface area contributed by atoms with E-state index in [1.807, 2.05) is 48.5 Å². The van der Waals surface area contributed by atoms with E-state index in [4.69, 9.17) is 9.47 Å². The van der Waals surface area contributed by atoms with Crippen LogP contribution in [0.25, 0.3) is 0 Å². The topological polar surface area (TPSA) is 55.8 Å². The summed E-state index contributed by atoms with van der Waals surface area (Å²) in [6.45, 7) is 9.87. The van der Waals surface area contributed by atoms with Crippen LogP contribution in [0.3, 0.4) is 0 Å². The maximum Gasteiger partial charge on any atom is 0.324 e. The molecule has 2 aliphatic rings.